The summed E-state index contributed by atoms with van der Waals surface area (Å²) in [5.74, 6) is 0.855. The zero-order chi connectivity index (χ0) is 18.4. The fraction of sp³-hybridized carbons (Fsp3) is 0.667. The molecule has 1 amide bonds. The van der Waals surface area contributed by atoms with Crippen LogP contribution < -0.4 is 5.32 Å². The van der Waals surface area contributed by atoms with Crippen molar-refractivity contribution in [2.75, 3.05) is 60.0 Å². The number of morpholine rings is 1. The molecule has 0 saturated carbocycles. The third-order valence-electron chi connectivity index (χ3n) is 4.89. The second-order valence-corrected chi connectivity index (χ2v) is 7.93. The number of hydrogen-bond acceptors (Lipinski definition) is 5. The second-order valence-electron chi connectivity index (χ2n) is 6.90. The monoisotopic (exact) mass is 379 g/mol. The van der Waals surface area contributed by atoms with Crippen LogP contribution in [0.25, 0.3) is 0 Å². The number of likely N-dealkylation sites (tertiary alicyclic amines) is 1. The van der Waals surface area contributed by atoms with Crippen molar-refractivity contribution in [2.45, 2.75) is 19.0 Å². The second kappa shape index (κ2) is 9.34. The summed E-state index contributed by atoms with van der Waals surface area (Å²) in [6, 6.07) is 4.70. The van der Waals surface area contributed by atoms with E-state index in [2.05, 4.69) is 37.6 Å². The number of rotatable bonds is 5. The molecule has 7 nitrogen and oxygen atoms in total. The molecule has 0 radical (unpaired) electrons. The summed E-state index contributed by atoms with van der Waals surface area (Å²) in [6.45, 7) is 6.50. The van der Waals surface area contributed by atoms with E-state index >= 15 is 0 Å². The van der Waals surface area contributed by atoms with E-state index in [9.17, 15) is 4.79 Å². The number of guanidine groups is 1. The Kier molecular flexibility index (Phi) is 6.87. The predicted molar refractivity (Wildman–Crippen MR) is 105 cm³/mol. The Morgan fingerprint density at radius 1 is 1.38 bits per heavy atom. The number of carbonyl (C=O) groups excluding carboxylic acids is 1. The summed E-state index contributed by atoms with van der Waals surface area (Å²) in [7, 11) is 3.53. The molecular formula is C18H29N5O2S. The van der Waals surface area contributed by atoms with Gasteiger partial charge in [0.05, 0.1) is 19.8 Å². The lowest BCUT2D eigenvalue weighted by Crippen LogP contribution is -2.46. The van der Waals surface area contributed by atoms with E-state index in [1.807, 2.05) is 0 Å². The summed E-state index contributed by atoms with van der Waals surface area (Å²) in [6.07, 6.45) is 1.13. The van der Waals surface area contributed by atoms with Gasteiger partial charge in [-0.25, -0.2) is 4.99 Å². The van der Waals surface area contributed by atoms with Gasteiger partial charge in [-0.1, -0.05) is 6.07 Å². The Hall–Kier alpha value is -1.64. The normalized spacial score (nSPS) is 21.8. The lowest BCUT2D eigenvalue weighted by molar-refractivity contribution is -0.127. The SMILES string of the molecule is CN(C)C(=O)CN=C(NCc1cccs1)N1CCC(N2CCOCC2)C1. The van der Waals surface area contributed by atoms with Gasteiger partial charge in [0.15, 0.2) is 5.96 Å². The molecule has 26 heavy (non-hydrogen) atoms. The highest BCUT2D eigenvalue weighted by molar-refractivity contribution is 7.09. The van der Waals surface area contributed by atoms with Gasteiger partial charge in [-0.3, -0.25) is 9.69 Å². The third kappa shape index (κ3) is 5.18. The van der Waals surface area contributed by atoms with Crippen molar-refractivity contribution in [1.82, 2.24) is 20.0 Å². The lowest BCUT2D eigenvalue weighted by atomic mass is 10.2. The first-order chi connectivity index (χ1) is 12.6. The summed E-state index contributed by atoms with van der Waals surface area (Å²) >= 11 is 1.73. The number of carbonyl (C=O) groups is 1. The molecule has 8 heteroatoms. The van der Waals surface area contributed by atoms with E-state index in [1.165, 1.54) is 4.88 Å². The van der Waals surface area contributed by atoms with Crippen LogP contribution >= 0.6 is 11.3 Å². The van der Waals surface area contributed by atoms with Crippen LogP contribution in [0.3, 0.4) is 0 Å². The van der Waals surface area contributed by atoms with Gasteiger partial charge in [-0.05, 0) is 17.9 Å². The number of ether oxygens (including phenoxy) is 1. The van der Waals surface area contributed by atoms with Gasteiger partial charge in [-0.2, -0.15) is 0 Å². The van der Waals surface area contributed by atoms with Crippen LogP contribution in [-0.4, -0.2) is 92.6 Å². The zero-order valence-corrected chi connectivity index (χ0v) is 16.5. The van der Waals surface area contributed by atoms with Crippen LogP contribution in [0.15, 0.2) is 22.5 Å². The van der Waals surface area contributed by atoms with Crippen LogP contribution in [0, 0.1) is 0 Å². The maximum atomic E-state index is 12.0. The summed E-state index contributed by atoms with van der Waals surface area (Å²) in [5, 5.41) is 5.53. The van der Waals surface area contributed by atoms with Gasteiger partial charge in [0.1, 0.15) is 6.54 Å². The maximum Gasteiger partial charge on any atom is 0.243 e. The van der Waals surface area contributed by atoms with Crippen molar-refractivity contribution < 1.29 is 9.53 Å². The quantitative estimate of drug-likeness (QED) is 0.603. The largest absolute Gasteiger partial charge is 0.379 e. The Balaban J connectivity index is 1.62. The van der Waals surface area contributed by atoms with Crippen molar-refractivity contribution >= 4 is 23.2 Å². The Bertz CT molecular complexity index is 599. The number of aliphatic imine (C=N–C) groups is 1. The molecule has 2 fully saturated rings. The molecule has 1 aromatic rings. The van der Waals surface area contributed by atoms with Gasteiger partial charge in [-0.15, -0.1) is 11.3 Å². The van der Waals surface area contributed by atoms with Gasteiger partial charge >= 0.3 is 0 Å². The zero-order valence-electron chi connectivity index (χ0n) is 15.7. The van der Waals surface area contributed by atoms with E-state index in [1.54, 1.807) is 30.3 Å². The molecule has 2 aliphatic rings. The van der Waals surface area contributed by atoms with Crippen LogP contribution in [0.5, 0.6) is 0 Å². The molecule has 3 heterocycles. The van der Waals surface area contributed by atoms with E-state index < -0.39 is 0 Å². The molecule has 0 aromatic carbocycles. The molecule has 1 aromatic heterocycles. The Morgan fingerprint density at radius 2 is 2.19 bits per heavy atom. The summed E-state index contributed by atoms with van der Waals surface area (Å²) in [4.78, 5) is 24.2. The molecule has 2 saturated heterocycles. The first-order valence-corrected chi connectivity index (χ1v) is 10.1. The van der Waals surface area contributed by atoms with Crippen molar-refractivity contribution in [2.24, 2.45) is 4.99 Å². The Morgan fingerprint density at radius 3 is 2.88 bits per heavy atom. The molecule has 1 atom stereocenters. The minimum atomic E-state index is 0.0179. The number of thiophene rings is 1. The molecule has 1 N–H and O–H groups in total. The van der Waals surface area contributed by atoms with Gasteiger partial charge < -0.3 is 19.9 Å². The number of amides is 1. The molecular weight excluding hydrogens is 350 g/mol. The number of nitrogens with zero attached hydrogens (tertiary/aromatic N) is 4. The minimum Gasteiger partial charge on any atom is -0.379 e. The van der Waals surface area contributed by atoms with Crippen molar-refractivity contribution in [3.63, 3.8) is 0 Å². The first-order valence-electron chi connectivity index (χ1n) is 9.21. The molecule has 0 bridgehead atoms. The molecule has 0 spiro atoms. The van der Waals surface area contributed by atoms with Crippen LogP contribution in [0.4, 0.5) is 0 Å². The molecule has 0 aliphatic carbocycles. The van der Waals surface area contributed by atoms with Crippen molar-refractivity contribution in [3.8, 4) is 0 Å². The first kappa shape index (κ1) is 19.1. The molecule has 2 aliphatic heterocycles. The standard InChI is InChI=1S/C18H29N5O2S/c1-21(2)17(24)13-20-18(19-12-16-4-3-11-26-16)23-6-5-15(14-23)22-7-9-25-10-8-22/h3-4,11,15H,5-10,12-14H2,1-2H3,(H,19,20). The van der Waals surface area contributed by atoms with Gasteiger partial charge in [0.2, 0.25) is 5.91 Å². The fourth-order valence-electron chi connectivity index (χ4n) is 3.31. The lowest BCUT2D eigenvalue weighted by Gasteiger charge is -2.32. The van der Waals surface area contributed by atoms with Crippen LogP contribution in [-0.2, 0) is 16.1 Å². The smallest absolute Gasteiger partial charge is 0.243 e. The molecule has 3 rings (SSSR count). The highest BCUT2D eigenvalue weighted by Gasteiger charge is 2.30. The van der Waals surface area contributed by atoms with E-state index in [-0.39, 0.29) is 12.5 Å². The number of nitrogens with one attached hydrogen (secondary N) is 1. The van der Waals surface area contributed by atoms with Crippen LogP contribution in [0.1, 0.15) is 11.3 Å². The molecule has 1 unspecified atom stereocenters. The average molecular weight is 380 g/mol. The maximum absolute atomic E-state index is 12.0. The topological polar surface area (TPSA) is 60.4 Å². The van der Waals surface area contributed by atoms with Crippen molar-refractivity contribution in [3.05, 3.63) is 22.4 Å². The highest BCUT2D eigenvalue weighted by atomic mass is 32.1. The number of hydrogen-bond donors (Lipinski definition) is 1. The van der Waals surface area contributed by atoms with E-state index in [0.29, 0.717) is 6.04 Å². The predicted octanol–water partition coefficient (Wildman–Crippen LogP) is 0.688. The highest BCUT2D eigenvalue weighted by Crippen LogP contribution is 2.17. The van der Waals surface area contributed by atoms with Gasteiger partial charge in [0.25, 0.3) is 0 Å². The van der Waals surface area contributed by atoms with Crippen molar-refractivity contribution in [1.29, 1.82) is 0 Å². The number of likely N-dealkylation sites (N-methyl/N-ethyl adjacent to an activating group) is 1. The summed E-state index contributed by atoms with van der Waals surface area (Å²) < 4.78 is 5.47. The molecule has 144 valence electrons. The van der Waals surface area contributed by atoms with E-state index in [0.717, 1.165) is 58.3 Å². The van der Waals surface area contributed by atoms with Crippen LogP contribution in [0.2, 0.25) is 0 Å². The van der Waals surface area contributed by atoms with E-state index in [4.69, 9.17) is 4.74 Å². The summed E-state index contributed by atoms with van der Waals surface area (Å²) in [5.41, 5.74) is 0. The fourth-order valence-corrected chi connectivity index (χ4v) is 3.95. The average Bonchev–Trinajstić information content (AvgIpc) is 3.34. The van der Waals surface area contributed by atoms with Gasteiger partial charge in [0, 0.05) is 51.2 Å². The Labute approximate surface area is 159 Å². The third-order valence-corrected chi connectivity index (χ3v) is 5.77. The minimum absolute atomic E-state index is 0.0179.